The molecule has 0 bridgehead atoms. The number of allylic oxidation sites excluding steroid dienone is 1. The van der Waals surface area contributed by atoms with E-state index in [-0.39, 0.29) is 12.1 Å². The number of fused-ring (bicyclic) bond motifs is 5. The van der Waals surface area contributed by atoms with E-state index in [2.05, 4.69) is 40.7 Å². The van der Waals surface area contributed by atoms with Crippen molar-refractivity contribution in [3.05, 3.63) is 11.6 Å². The fourth-order valence-electron chi connectivity index (χ4n) is 12.0. The third-order valence-electron chi connectivity index (χ3n) is 15.1. The summed E-state index contributed by atoms with van der Waals surface area (Å²) in [6, 6.07) is 0. The van der Waals surface area contributed by atoms with Gasteiger partial charge in [0, 0.05) is 18.7 Å². The summed E-state index contributed by atoms with van der Waals surface area (Å²) in [4.78, 5) is 12.8. The van der Waals surface area contributed by atoms with Crippen LogP contribution >= 0.6 is 11.6 Å². The van der Waals surface area contributed by atoms with E-state index < -0.39 is 0 Å². The maximum atomic E-state index is 12.8. The van der Waals surface area contributed by atoms with Crippen molar-refractivity contribution in [2.24, 2.45) is 46.3 Å². The largest absolute Gasteiger partial charge is 0.462 e. The zero-order chi connectivity index (χ0) is 35.8. The van der Waals surface area contributed by atoms with Gasteiger partial charge in [-0.05, 0) is 104 Å². The predicted octanol–water partition coefficient (Wildman–Crippen LogP) is 15.2. The first-order valence-electron chi connectivity index (χ1n) is 22.6. The second-order valence-electron chi connectivity index (χ2n) is 19.1. The van der Waals surface area contributed by atoms with Gasteiger partial charge in [0.2, 0.25) is 0 Å². The summed E-state index contributed by atoms with van der Waals surface area (Å²) in [7, 11) is 0. The van der Waals surface area contributed by atoms with Gasteiger partial charge in [-0.25, -0.2) is 0 Å². The van der Waals surface area contributed by atoms with Crippen LogP contribution in [0.2, 0.25) is 0 Å². The molecule has 0 radical (unpaired) electrons. The summed E-state index contributed by atoms with van der Waals surface area (Å²) < 4.78 is 6.14. The molecule has 4 unspecified atom stereocenters. The Bertz CT molecular complexity index is 988. The minimum absolute atomic E-state index is 0.0622. The molecular weight excluding hydrogens is 632 g/mol. The minimum atomic E-state index is 0.0622. The Balaban J connectivity index is 1.05. The van der Waals surface area contributed by atoms with E-state index in [1.54, 1.807) is 5.57 Å². The van der Waals surface area contributed by atoms with Gasteiger partial charge in [0.1, 0.15) is 6.10 Å². The summed E-state index contributed by atoms with van der Waals surface area (Å²) in [5.74, 6) is 6.15. The van der Waals surface area contributed by atoms with E-state index in [4.69, 9.17) is 16.3 Å². The van der Waals surface area contributed by atoms with Crippen molar-refractivity contribution >= 4 is 17.6 Å². The monoisotopic (exact) mass is 715 g/mol. The van der Waals surface area contributed by atoms with Crippen LogP contribution in [0.15, 0.2) is 11.6 Å². The lowest BCUT2D eigenvalue weighted by atomic mass is 9.47. The average molecular weight is 716 g/mol. The molecule has 0 amide bonds. The van der Waals surface area contributed by atoms with E-state index in [1.807, 2.05) is 0 Å². The molecule has 2 nitrogen and oxygen atoms in total. The van der Waals surface area contributed by atoms with Crippen molar-refractivity contribution in [2.45, 2.75) is 227 Å². The van der Waals surface area contributed by atoms with Crippen LogP contribution in [0.25, 0.3) is 0 Å². The molecule has 0 spiro atoms. The molecular formula is C47H83ClO2. The van der Waals surface area contributed by atoms with Gasteiger partial charge in [-0.1, -0.05) is 162 Å². The van der Waals surface area contributed by atoms with Crippen molar-refractivity contribution in [3.8, 4) is 0 Å². The first-order valence-corrected chi connectivity index (χ1v) is 23.2. The summed E-state index contributed by atoms with van der Waals surface area (Å²) in [6.07, 6.45) is 40.7. The molecule has 4 rings (SSSR count). The maximum Gasteiger partial charge on any atom is 0.306 e. The number of alkyl halides is 1. The third-order valence-corrected chi connectivity index (χ3v) is 15.3. The molecule has 0 aromatic rings. The minimum Gasteiger partial charge on any atom is -0.462 e. The molecule has 4 aliphatic carbocycles. The topological polar surface area (TPSA) is 26.3 Å². The fourth-order valence-corrected chi connectivity index (χ4v) is 12.2. The highest BCUT2D eigenvalue weighted by Crippen LogP contribution is 2.67. The Morgan fingerprint density at radius 3 is 1.88 bits per heavy atom. The molecule has 0 aliphatic heterocycles. The quantitative estimate of drug-likeness (QED) is 0.0407. The average Bonchev–Trinajstić information content (AvgIpc) is 3.45. The molecule has 3 fully saturated rings. The number of halogens is 1. The SMILES string of the molecule is CC(C)CCC[C@@H](C)[C@H]1CCC2C3CC=C4CC(OC(=O)CCCCCCCCCCCCCCCCCCCCl)CC[C@]4(C)C3CC[C@@]21C. The van der Waals surface area contributed by atoms with Gasteiger partial charge in [-0.2, -0.15) is 0 Å². The van der Waals surface area contributed by atoms with Crippen molar-refractivity contribution in [3.63, 3.8) is 0 Å². The highest BCUT2D eigenvalue weighted by molar-refractivity contribution is 6.17. The van der Waals surface area contributed by atoms with Crippen LogP contribution < -0.4 is 0 Å². The Morgan fingerprint density at radius 1 is 0.720 bits per heavy atom. The second-order valence-corrected chi connectivity index (χ2v) is 19.5. The van der Waals surface area contributed by atoms with E-state index in [0.717, 1.165) is 60.6 Å². The predicted molar refractivity (Wildman–Crippen MR) is 217 cm³/mol. The Morgan fingerprint density at radius 2 is 1.30 bits per heavy atom. The number of hydrogen-bond acceptors (Lipinski definition) is 2. The lowest BCUT2D eigenvalue weighted by molar-refractivity contribution is -0.151. The second kappa shape index (κ2) is 22.0. The van der Waals surface area contributed by atoms with Crippen LogP contribution in [0.5, 0.6) is 0 Å². The van der Waals surface area contributed by atoms with Gasteiger partial charge < -0.3 is 4.74 Å². The van der Waals surface area contributed by atoms with E-state index in [1.165, 1.54) is 161 Å². The van der Waals surface area contributed by atoms with E-state index >= 15 is 0 Å². The highest BCUT2D eigenvalue weighted by atomic mass is 35.5. The summed E-state index contributed by atoms with van der Waals surface area (Å²) in [5, 5.41) is 0. The highest BCUT2D eigenvalue weighted by Gasteiger charge is 2.59. The molecule has 50 heavy (non-hydrogen) atoms. The molecule has 0 heterocycles. The first-order chi connectivity index (χ1) is 24.2. The third kappa shape index (κ3) is 12.3. The number of esters is 1. The summed E-state index contributed by atoms with van der Waals surface area (Å²) in [6.45, 7) is 12.7. The van der Waals surface area contributed by atoms with Crippen molar-refractivity contribution < 1.29 is 9.53 Å². The Hall–Kier alpha value is -0.500. The molecule has 4 aliphatic rings. The summed E-state index contributed by atoms with van der Waals surface area (Å²) in [5.41, 5.74) is 2.53. The molecule has 0 N–H and O–H groups in total. The standard InChI is InChI=1S/C47H83ClO2/c1-37(2)24-23-25-38(3)42-29-30-43-41-28-27-39-36-40(31-33-46(39,4)44(41)32-34-47(42,43)5)50-45(49)26-21-19-17-15-13-11-9-7-6-8-10-12-14-16-18-20-22-35-48/h27,37-38,40-44H,6-26,28-36H2,1-5H3/t38-,40?,41?,42-,43?,44?,46+,47-/m1/s1. The van der Waals surface area contributed by atoms with Gasteiger partial charge in [0.15, 0.2) is 0 Å². The number of rotatable bonds is 25. The molecule has 0 saturated heterocycles. The van der Waals surface area contributed by atoms with E-state index in [9.17, 15) is 4.79 Å². The zero-order valence-electron chi connectivity index (χ0n) is 34.0. The number of hydrogen-bond donors (Lipinski definition) is 0. The number of carbonyl (C=O) groups excluding carboxylic acids is 1. The van der Waals surface area contributed by atoms with E-state index in [0.29, 0.717) is 17.3 Å². The van der Waals surface area contributed by atoms with Crippen LogP contribution in [0, 0.1) is 46.3 Å². The Kier molecular flexibility index (Phi) is 18.6. The molecule has 3 heteroatoms. The fraction of sp³-hybridized carbons (Fsp3) is 0.936. The Labute approximate surface area is 316 Å². The number of ether oxygens (including phenoxy) is 1. The molecule has 8 atom stereocenters. The van der Waals surface area contributed by atoms with Gasteiger partial charge in [-0.3, -0.25) is 4.79 Å². The van der Waals surface area contributed by atoms with Gasteiger partial charge in [-0.15, -0.1) is 11.6 Å². The molecule has 0 aromatic carbocycles. The zero-order valence-corrected chi connectivity index (χ0v) is 34.8. The van der Waals surface area contributed by atoms with Crippen molar-refractivity contribution in [1.29, 1.82) is 0 Å². The normalized spacial score (nSPS) is 31.2. The van der Waals surface area contributed by atoms with Crippen LogP contribution in [-0.2, 0) is 9.53 Å². The molecule has 290 valence electrons. The lowest BCUT2D eigenvalue weighted by Crippen LogP contribution is -2.51. The molecule has 0 aromatic heterocycles. The van der Waals surface area contributed by atoms with Crippen LogP contribution in [-0.4, -0.2) is 18.0 Å². The van der Waals surface area contributed by atoms with Crippen molar-refractivity contribution in [2.75, 3.05) is 5.88 Å². The van der Waals surface area contributed by atoms with Gasteiger partial charge >= 0.3 is 5.97 Å². The van der Waals surface area contributed by atoms with Gasteiger partial charge in [0.25, 0.3) is 0 Å². The molecule has 3 saturated carbocycles. The maximum absolute atomic E-state index is 12.8. The smallest absolute Gasteiger partial charge is 0.306 e. The van der Waals surface area contributed by atoms with Crippen LogP contribution in [0.3, 0.4) is 0 Å². The first kappa shape index (κ1) is 42.2. The number of unbranched alkanes of at least 4 members (excludes halogenated alkanes) is 16. The lowest BCUT2D eigenvalue weighted by Gasteiger charge is -2.58. The van der Waals surface area contributed by atoms with Crippen LogP contribution in [0.1, 0.15) is 221 Å². The van der Waals surface area contributed by atoms with Gasteiger partial charge in [0.05, 0.1) is 0 Å². The van der Waals surface area contributed by atoms with Crippen molar-refractivity contribution in [1.82, 2.24) is 0 Å². The number of carbonyl (C=O) groups is 1. The van der Waals surface area contributed by atoms with Crippen LogP contribution in [0.4, 0.5) is 0 Å². The summed E-state index contributed by atoms with van der Waals surface area (Å²) >= 11 is 5.75.